The summed E-state index contributed by atoms with van der Waals surface area (Å²) in [7, 11) is -3.62. The molecular weight excluding hydrogens is 479 g/mol. The van der Waals surface area contributed by atoms with Gasteiger partial charge >= 0.3 is 7.82 Å². The van der Waals surface area contributed by atoms with Crippen molar-refractivity contribution in [2.24, 2.45) is 0 Å². The van der Waals surface area contributed by atoms with Crippen molar-refractivity contribution < 1.29 is 18.1 Å². The van der Waals surface area contributed by atoms with Crippen molar-refractivity contribution in [2.45, 2.75) is 71.1 Å². The van der Waals surface area contributed by atoms with Crippen molar-refractivity contribution in [1.29, 1.82) is 0 Å². The van der Waals surface area contributed by atoms with Crippen LogP contribution in [-0.2, 0) is 42.8 Å². The molecule has 0 aliphatic carbocycles. The van der Waals surface area contributed by atoms with Crippen molar-refractivity contribution in [3.05, 3.63) is 107 Å². The third-order valence-corrected chi connectivity index (χ3v) is 8.38. The van der Waals surface area contributed by atoms with E-state index in [1.807, 2.05) is 36.4 Å². The Morgan fingerprint density at radius 2 is 0.973 bits per heavy atom. The highest BCUT2D eigenvalue weighted by molar-refractivity contribution is 7.48. The Balaban J connectivity index is 1.46. The van der Waals surface area contributed by atoms with E-state index in [1.54, 1.807) is 0 Å². The van der Waals surface area contributed by atoms with E-state index in [0.717, 1.165) is 44.9 Å². The van der Waals surface area contributed by atoms with Crippen LogP contribution in [0.4, 0.5) is 0 Å². The molecule has 37 heavy (non-hydrogen) atoms. The molecule has 0 bridgehead atoms. The third-order valence-electron chi connectivity index (χ3n) is 6.88. The lowest BCUT2D eigenvalue weighted by atomic mass is 9.82. The van der Waals surface area contributed by atoms with Crippen LogP contribution in [0.1, 0.15) is 68.7 Å². The van der Waals surface area contributed by atoms with E-state index in [-0.39, 0.29) is 5.41 Å². The summed E-state index contributed by atoms with van der Waals surface area (Å²) in [6.45, 7) is 7.76. The van der Waals surface area contributed by atoms with Gasteiger partial charge in [-0.3, -0.25) is 13.6 Å². The normalized spacial score (nSPS) is 12.1. The second kappa shape index (κ2) is 15.2. The molecule has 0 saturated carbocycles. The molecule has 0 heterocycles. The van der Waals surface area contributed by atoms with Crippen LogP contribution in [0.2, 0.25) is 0 Å². The first kappa shape index (κ1) is 29.3. The van der Waals surface area contributed by atoms with Crippen molar-refractivity contribution >= 4 is 7.82 Å². The minimum atomic E-state index is -3.62. The van der Waals surface area contributed by atoms with Crippen LogP contribution in [-0.4, -0.2) is 19.8 Å². The van der Waals surface area contributed by atoms with Gasteiger partial charge < -0.3 is 0 Å². The Labute approximate surface area is 224 Å². The Hall–Kier alpha value is -2.23. The molecule has 200 valence electrons. The minimum Gasteiger partial charge on any atom is -0.287 e. The first-order valence-electron chi connectivity index (χ1n) is 13.6. The number of aryl methyl sites for hydroxylation is 3. The first-order valence-corrected chi connectivity index (χ1v) is 15.1. The number of phosphoric acid groups is 1. The van der Waals surface area contributed by atoms with Crippen molar-refractivity contribution in [2.75, 3.05) is 19.8 Å². The Morgan fingerprint density at radius 1 is 0.595 bits per heavy atom. The van der Waals surface area contributed by atoms with Gasteiger partial charge in [0.15, 0.2) is 0 Å². The Morgan fingerprint density at radius 3 is 1.35 bits per heavy atom. The third kappa shape index (κ3) is 10.6. The highest BCUT2D eigenvalue weighted by Crippen LogP contribution is 2.49. The molecule has 5 heteroatoms. The molecule has 3 aromatic carbocycles. The number of hydrogen-bond acceptors (Lipinski definition) is 4. The molecule has 3 rings (SSSR count). The summed E-state index contributed by atoms with van der Waals surface area (Å²) in [6.07, 6.45) is 5.94. The molecule has 0 fully saturated rings. The van der Waals surface area contributed by atoms with Crippen molar-refractivity contribution in [3.63, 3.8) is 0 Å². The van der Waals surface area contributed by atoms with Gasteiger partial charge in [-0.05, 0) is 72.6 Å². The van der Waals surface area contributed by atoms with Crippen LogP contribution in [0, 0.1) is 0 Å². The molecule has 0 amide bonds. The van der Waals surface area contributed by atoms with E-state index in [2.05, 4.69) is 69.3 Å². The highest BCUT2D eigenvalue weighted by atomic mass is 31.2. The first-order chi connectivity index (χ1) is 17.9. The van der Waals surface area contributed by atoms with Gasteiger partial charge in [-0.1, -0.05) is 106 Å². The zero-order chi connectivity index (χ0) is 26.4. The van der Waals surface area contributed by atoms with Crippen LogP contribution in [0.5, 0.6) is 0 Å². The van der Waals surface area contributed by atoms with Gasteiger partial charge in [-0.25, -0.2) is 4.57 Å². The number of benzene rings is 3. The maximum absolute atomic E-state index is 13.4. The fourth-order valence-corrected chi connectivity index (χ4v) is 5.37. The second-order valence-electron chi connectivity index (χ2n) is 10.2. The average molecular weight is 523 g/mol. The molecular formula is C32H43O4P. The van der Waals surface area contributed by atoms with Gasteiger partial charge in [0.05, 0.1) is 19.8 Å². The van der Waals surface area contributed by atoms with Gasteiger partial charge in [0.1, 0.15) is 0 Å². The predicted molar refractivity (Wildman–Crippen MR) is 153 cm³/mol. The van der Waals surface area contributed by atoms with Gasteiger partial charge in [0, 0.05) is 0 Å². The average Bonchev–Trinajstić information content (AvgIpc) is 2.93. The lowest BCUT2D eigenvalue weighted by Gasteiger charge is -2.23. The van der Waals surface area contributed by atoms with Crippen molar-refractivity contribution in [1.82, 2.24) is 0 Å². The van der Waals surface area contributed by atoms with Crippen LogP contribution < -0.4 is 0 Å². The van der Waals surface area contributed by atoms with E-state index < -0.39 is 7.82 Å². The smallest absolute Gasteiger partial charge is 0.287 e. The lowest BCUT2D eigenvalue weighted by Crippen LogP contribution is -2.15. The Bertz CT molecular complexity index is 1010. The summed E-state index contributed by atoms with van der Waals surface area (Å²) in [6, 6.07) is 29.3. The molecule has 0 spiro atoms. The maximum atomic E-state index is 13.4. The minimum absolute atomic E-state index is 0.185. The van der Waals surface area contributed by atoms with Gasteiger partial charge in [-0.15, -0.1) is 0 Å². The maximum Gasteiger partial charge on any atom is 0.474 e. The molecule has 3 aromatic rings. The number of phosphoric ester groups is 1. The van der Waals surface area contributed by atoms with Gasteiger partial charge in [-0.2, -0.15) is 0 Å². The fraction of sp³-hybridized carbons (Fsp3) is 0.438. The standard InChI is InChI=1S/C32H43O4P/c1-4-32(2,3)31-23-21-30(22-24-31)20-13-27-36-37(33,34-25-11-18-28-14-7-5-8-15-28)35-26-12-19-29-16-9-6-10-17-29/h5-10,14-17,21-24H,4,11-13,18-20,25-27H2,1-3H3. The summed E-state index contributed by atoms with van der Waals surface area (Å²) in [5, 5.41) is 0. The van der Waals surface area contributed by atoms with E-state index in [9.17, 15) is 4.57 Å². The highest BCUT2D eigenvalue weighted by Gasteiger charge is 2.26. The van der Waals surface area contributed by atoms with Crippen LogP contribution in [0.15, 0.2) is 84.9 Å². The summed E-state index contributed by atoms with van der Waals surface area (Å²) in [4.78, 5) is 0. The summed E-state index contributed by atoms with van der Waals surface area (Å²) in [5.41, 5.74) is 5.26. The monoisotopic (exact) mass is 522 g/mol. The second-order valence-corrected chi connectivity index (χ2v) is 11.8. The summed E-state index contributed by atoms with van der Waals surface area (Å²) >= 11 is 0. The molecule has 0 saturated heterocycles. The zero-order valence-corrected chi connectivity index (χ0v) is 23.6. The van der Waals surface area contributed by atoms with Crippen LogP contribution in [0.3, 0.4) is 0 Å². The Kier molecular flexibility index (Phi) is 12.1. The molecule has 0 atom stereocenters. The summed E-state index contributed by atoms with van der Waals surface area (Å²) in [5.74, 6) is 0. The predicted octanol–water partition coefficient (Wildman–Crippen LogP) is 8.73. The summed E-state index contributed by atoms with van der Waals surface area (Å²) < 4.78 is 30.6. The van der Waals surface area contributed by atoms with Crippen LogP contribution in [0.25, 0.3) is 0 Å². The van der Waals surface area contributed by atoms with E-state index >= 15 is 0 Å². The quantitative estimate of drug-likeness (QED) is 0.131. The number of rotatable bonds is 17. The molecule has 4 nitrogen and oxygen atoms in total. The lowest BCUT2D eigenvalue weighted by molar-refractivity contribution is 0.110. The fourth-order valence-electron chi connectivity index (χ4n) is 4.09. The molecule has 0 unspecified atom stereocenters. The molecule has 0 N–H and O–H groups in total. The molecule has 0 radical (unpaired) electrons. The topological polar surface area (TPSA) is 44.8 Å². The molecule has 0 aliphatic rings. The molecule has 0 aliphatic heterocycles. The van der Waals surface area contributed by atoms with Crippen LogP contribution >= 0.6 is 7.82 Å². The van der Waals surface area contributed by atoms with E-state index in [1.165, 1.54) is 22.3 Å². The van der Waals surface area contributed by atoms with Crippen molar-refractivity contribution in [3.8, 4) is 0 Å². The SMILES string of the molecule is CCC(C)(C)c1ccc(CCCOP(=O)(OCCCc2ccccc2)OCCCc2ccccc2)cc1. The largest absolute Gasteiger partial charge is 0.474 e. The number of hydrogen-bond donors (Lipinski definition) is 0. The van der Waals surface area contributed by atoms with Gasteiger partial charge in [0.25, 0.3) is 0 Å². The van der Waals surface area contributed by atoms with Gasteiger partial charge in [0.2, 0.25) is 0 Å². The zero-order valence-electron chi connectivity index (χ0n) is 22.7. The van der Waals surface area contributed by atoms with E-state index in [0.29, 0.717) is 19.8 Å². The molecule has 0 aromatic heterocycles. The van der Waals surface area contributed by atoms with E-state index in [4.69, 9.17) is 13.6 Å².